The highest BCUT2D eigenvalue weighted by Crippen LogP contribution is 2.44. The zero-order valence-corrected chi connectivity index (χ0v) is 22.6. The number of likely N-dealkylation sites (tertiary alicyclic amines) is 2. The number of carbonyl (C=O) groups is 2. The first kappa shape index (κ1) is 24.6. The minimum absolute atomic E-state index is 0.137. The SMILES string of the molecule is CC(=O)N1CCC(CC(=O)N2CCC([C+]3c4ncc(Br)cc4CCc4cccc(Cl)c43)CC2)CC1. The fourth-order valence-corrected chi connectivity index (χ4v) is 6.70. The zero-order valence-electron chi connectivity index (χ0n) is 20.2. The van der Waals surface area contributed by atoms with Gasteiger partial charge in [0.1, 0.15) is 10.6 Å². The number of fused-ring (bicyclic) bond motifs is 2. The van der Waals surface area contributed by atoms with E-state index in [4.69, 9.17) is 16.6 Å². The van der Waals surface area contributed by atoms with Crippen LogP contribution in [0, 0.1) is 17.8 Å². The molecule has 0 saturated carbocycles. The Hall–Kier alpha value is -2.05. The maximum Gasteiger partial charge on any atom is 0.222 e. The van der Waals surface area contributed by atoms with Gasteiger partial charge in [0, 0.05) is 92.2 Å². The second-order valence-electron chi connectivity index (χ2n) is 10.2. The number of carbonyl (C=O) groups excluding carboxylic acids is 2. The van der Waals surface area contributed by atoms with Crippen molar-refractivity contribution < 1.29 is 9.59 Å². The van der Waals surface area contributed by atoms with Crippen LogP contribution in [0.4, 0.5) is 0 Å². The highest BCUT2D eigenvalue weighted by atomic mass is 79.9. The second kappa shape index (κ2) is 10.5. The molecule has 2 amide bonds. The van der Waals surface area contributed by atoms with Crippen molar-refractivity contribution in [3.8, 4) is 0 Å². The Morgan fingerprint density at radius 1 is 1.06 bits per heavy atom. The van der Waals surface area contributed by atoms with E-state index in [9.17, 15) is 9.59 Å². The average Bonchev–Trinajstić information content (AvgIpc) is 3.02. The monoisotopic (exact) mass is 556 g/mol. The highest BCUT2D eigenvalue weighted by Gasteiger charge is 2.41. The third-order valence-electron chi connectivity index (χ3n) is 8.00. The maximum absolute atomic E-state index is 13.1. The number of hydrogen-bond donors (Lipinski definition) is 0. The van der Waals surface area contributed by atoms with Gasteiger partial charge in [-0.2, -0.15) is 0 Å². The van der Waals surface area contributed by atoms with E-state index >= 15 is 0 Å². The number of pyridine rings is 1. The minimum atomic E-state index is 0.137. The summed E-state index contributed by atoms with van der Waals surface area (Å²) in [5, 5.41) is 0.797. The largest absolute Gasteiger partial charge is 0.343 e. The van der Waals surface area contributed by atoms with Crippen molar-refractivity contribution in [2.75, 3.05) is 26.2 Å². The number of benzene rings is 1. The molecule has 0 spiro atoms. The lowest BCUT2D eigenvalue weighted by atomic mass is 9.76. The predicted molar refractivity (Wildman–Crippen MR) is 141 cm³/mol. The van der Waals surface area contributed by atoms with Gasteiger partial charge in [-0.05, 0) is 71.3 Å². The second-order valence-corrected chi connectivity index (χ2v) is 11.5. The summed E-state index contributed by atoms with van der Waals surface area (Å²) in [6.45, 7) is 4.71. The summed E-state index contributed by atoms with van der Waals surface area (Å²) in [5.74, 6) is 2.36. The lowest BCUT2D eigenvalue weighted by Crippen LogP contribution is -2.42. The maximum atomic E-state index is 13.1. The van der Waals surface area contributed by atoms with Crippen molar-refractivity contribution in [3.05, 3.63) is 68.3 Å². The fraction of sp³-hybridized carbons (Fsp3) is 0.500. The molecule has 2 aromatic rings. The Labute approximate surface area is 221 Å². The summed E-state index contributed by atoms with van der Waals surface area (Å²) in [5.41, 5.74) is 4.78. The van der Waals surface area contributed by atoms with Gasteiger partial charge in [0.2, 0.25) is 11.8 Å². The van der Waals surface area contributed by atoms with Crippen LogP contribution in [0.1, 0.15) is 61.4 Å². The molecule has 2 aliphatic heterocycles. The summed E-state index contributed by atoms with van der Waals surface area (Å²) in [4.78, 5) is 33.5. The average molecular weight is 558 g/mol. The van der Waals surface area contributed by atoms with Gasteiger partial charge in [0.25, 0.3) is 0 Å². The molecule has 2 saturated heterocycles. The van der Waals surface area contributed by atoms with Crippen LogP contribution in [0.15, 0.2) is 34.9 Å². The van der Waals surface area contributed by atoms with Crippen molar-refractivity contribution in [1.82, 2.24) is 14.8 Å². The van der Waals surface area contributed by atoms with Crippen LogP contribution in [-0.2, 0) is 22.4 Å². The molecule has 3 aliphatic rings. The Bertz CT molecular complexity index is 1110. The van der Waals surface area contributed by atoms with E-state index in [1.165, 1.54) is 17.0 Å². The van der Waals surface area contributed by atoms with Crippen LogP contribution in [0.3, 0.4) is 0 Å². The summed E-state index contributed by atoms with van der Waals surface area (Å²) < 4.78 is 1.00. The highest BCUT2D eigenvalue weighted by molar-refractivity contribution is 9.10. The first-order valence-electron chi connectivity index (χ1n) is 12.7. The first-order chi connectivity index (χ1) is 16.9. The van der Waals surface area contributed by atoms with Gasteiger partial charge in [0.05, 0.1) is 5.92 Å². The van der Waals surface area contributed by atoms with Crippen LogP contribution in [0.25, 0.3) is 0 Å². The summed E-state index contributed by atoms with van der Waals surface area (Å²) in [7, 11) is 0. The Kier molecular flexibility index (Phi) is 7.40. The van der Waals surface area contributed by atoms with Crippen molar-refractivity contribution in [2.24, 2.45) is 11.8 Å². The summed E-state index contributed by atoms with van der Waals surface area (Å²) >= 11 is 10.4. The number of piperidine rings is 2. The van der Waals surface area contributed by atoms with Crippen LogP contribution in [0.5, 0.6) is 0 Å². The summed E-state index contributed by atoms with van der Waals surface area (Å²) in [6.07, 6.45) is 8.07. The van der Waals surface area contributed by atoms with Crippen molar-refractivity contribution in [2.45, 2.75) is 51.9 Å². The van der Waals surface area contributed by atoms with Gasteiger partial charge in [-0.25, -0.2) is 4.98 Å². The number of aryl methyl sites for hydroxylation is 2. The molecule has 0 unspecified atom stereocenters. The van der Waals surface area contributed by atoms with Gasteiger partial charge in [-0.3, -0.25) is 9.59 Å². The molecule has 0 radical (unpaired) electrons. The van der Waals surface area contributed by atoms with E-state index in [1.54, 1.807) is 6.92 Å². The zero-order chi connectivity index (χ0) is 24.5. The van der Waals surface area contributed by atoms with Crippen LogP contribution >= 0.6 is 27.5 Å². The van der Waals surface area contributed by atoms with Gasteiger partial charge in [-0.1, -0.05) is 0 Å². The number of hydrogen-bond acceptors (Lipinski definition) is 3. The quantitative estimate of drug-likeness (QED) is 0.471. The molecule has 0 N–H and O–H groups in total. The van der Waals surface area contributed by atoms with E-state index in [-0.39, 0.29) is 11.8 Å². The third-order valence-corrected chi connectivity index (χ3v) is 8.75. The molecular weight excluding hydrogens is 526 g/mol. The topological polar surface area (TPSA) is 53.5 Å². The molecule has 3 heterocycles. The predicted octanol–water partition coefficient (Wildman–Crippen LogP) is 5.45. The molecule has 35 heavy (non-hydrogen) atoms. The van der Waals surface area contributed by atoms with E-state index in [0.717, 1.165) is 85.5 Å². The molecule has 7 heteroatoms. The van der Waals surface area contributed by atoms with Gasteiger partial charge < -0.3 is 9.80 Å². The Balaban J connectivity index is 1.29. The number of rotatable bonds is 3. The standard InChI is InChI=1S/C28H32BrClN3O2/c1-18(34)32-11-7-19(8-12-32)15-25(35)33-13-9-21(10-14-33)27-26-20(3-2-4-24(26)30)5-6-22-16-23(29)17-31-28(22)27/h2-4,16-17,19,21H,5-15H2,1H3/q+1. The molecule has 0 bridgehead atoms. The van der Waals surface area contributed by atoms with Gasteiger partial charge in [0.15, 0.2) is 5.69 Å². The molecule has 1 aliphatic carbocycles. The van der Waals surface area contributed by atoms with Crippen molar-refractivity contribution in [3.63, 3.8) is 0 Å². The number of nitrogens with zero attached hydrogens (tertiary/aromatic N) is 3. The van der Waals surface area contributed by atoms with Crippen LogP contribution in [0.2, 0.25) is 5.02 Å². The number of amides is 2. The number of aromatic nitrogens is 1. The molecule has 1 aromatic carbocycles. The lowest BCUT2D eigenvalue weighted by Gasteiger charge is -2.36. The minimum Gasteiger partial charge on any atom is -0.343 e. The third kappa shape index (κ3) is 5.24. The molecule has 2 fully saturated rings. The van der Waals surface area contributed by atoms with E-state index < -0.39 is 0 Å². The van der Waals surface area contributed by atoms with E-state index in [1.807, 2.05) is 23.2 Å². The summed E-state index contributed by atoms with van der Waals surface area (Å²) in [6, 6.07) is 8.41. The molecular formula is C28H32BrClN3O2+. The molecule has 184 valence electrons. The smallest absolute Gasteiger partial charge is 0.222 e. The van der Waals surface area contributed by atoms with Gasteiger partial charge >= 0.3 is 0 Å². The molecule has 5 rings (SSSR count). The molecule has 0 atom stereocenters. The molecule has 1 aromatic heterocycles. The first-order valence-corrected chi connectivity index (χ1v) is 13.9. The molecule has 5 nitrogen and oxygen atoms in total. The van der Waals surface area contributed by atoms with Crippen LogP contribution in [-0.4, -0.2) is 52.8 Å². The van der Waals surface area contributed by atoms with E-state index in [0.29, 0.717) is 18.3 Å². The van der Waals surface area contributed by atoms with Crippen molar-refractivity contribution in [1.29, 1.82) is 0 Å². The Morgan fingerprint density at radius 3 is 2.46 bits per heavy atom. The van der Waals surface area contributed by atoms with Crippen molar-refractivity contribution >= 4 is 39.3 Å². The normalized spacial score (nSPS) is 19.2. The van der Waals surface area contributed by atoms with Gasteiger partial charge in [-0.15, -0.1) is 0 Å². The van der Waals surface area contributed by atoms with E-state index in [2.05, 4.69) is 33.0 Å². The Morgan fingerprint density at radius 2 is 1.74 bits per heavy atom. The fourth-order valence-electron chi connectivity index (χ4n) is 6.02. The number of halogens is 2. The van der Waals surface area contributed by atoms with Crippen LogP contribution < -0.4 is 0 Å². The lowest BCUT2D eigenvalue weighted by molar-refractivity contribution is -0.134.